The molecule has 19 heavy (non-hydrogen) atoms. The van der Waals surface area contributed by atoms with Crippen LogP contribution in [0.3, 0.4) is 0 Å². The first kappa shape index (κ1) is 14.6. The number of amides is 2. The number of carbonyl (C=O) groups is 1. The highest BCUT2D eigenvalue weighted by molar-refractivity contribution is 5.76. The minimum Gasteiger partial charge on any atom is -0.336 e. The van der Waals surface area contributed by atoms with Crippen molar-refractivity contribution in [1.29, 1.82) is 0 Å². The number of hydrogen-bond acceptors (Lipinski definition) is 3. The minimum absolute atomic E-state index is 0.0992. The maximum absolute atomic E-state index is 11.5. The number of urea groups is 1. The summed E-state index contributed by atoms with van der Waals surface area (Å²) in [5.41, 5.74) is 5.98. The summed E-state index contributed by atoms with van der Waals surface area (Å²) in [5.74, 6) is 0. The average molecular weight is 268 g/mol. The molecular weight excluding hydrogens is 240 g/mol. The summed E-state index contributed by atoms with van der Waals surface area (Å²) in [7, 11) is 0. The molecule has 2 amide bonds. The standard InChI is InChI=1S/C14H28N4O/c1-2-8-17(13-5-3-12(15)4-6-13)10-11-18-9-7-16-14(18)19/h12-13H,2-11,15H2,1H3,(H,16,19). The van der Waals surface area contributed by atoms with Crippen LogP contribution in [0, 0.1) is 0 Å². The van der Waals surface area contributed by atoms with Gasteiger partial charge >= 0.3 is 6.03 Å². The largest absolute Gasteiger partial charge is 0.336 e. The maximum Gasteiger partial charge on any atom is 0.317 e. The quantitative estimate of drug-likeness (QED) is 0.755. The lowest BCUT2D eigenvalue weighted by atomic mass is 9.90. The van der Waals surface area contributed by atoms with E-state index in [0.29, 0.717) is 12.1 Å². The van der Waals surface area contributed by atoms with Gasteiger partial charge in [0, 0.05) is 38.3 Å². The zero-order chi connectivity index (χ0) is 13.7. The van der Waals surface area contributed by atoms with Gasteiger partial charge in [0.05, 0.1) is 0 Å². The molecule has 5 heteroatoms. The molecule has 3 N–H and O–H groups in total. The second-order valence-electron chi connectivity index (χ2n) is 5.82. The van der Waals surface area contributed by atoms with Crippen molar-refractivity contribution in [3.63, 3.8) is 0 Å². The van der Waals surface area contributed by atoms with Gasteiger partial charge in [0.25, 0.3) is 0 Å². The first-order valence-corrected chi connectivity index (χ1v) is 7.73. The fraction of sp³-hybridized carbons (Fsp3) is 0.929. The van der Waals surface area contributed by atoms with E-state index in [4.69, 9.17) is 5.73 Å². The van der Waals surface area contributed by atoms with Crippen LogP contribution in [0.25, 0.3) is 0 Å². The number of nitrogens with one attached hydrogen (secondary N) is 1. The lowest BCUT2D eigenvalue weighted by Crippen LogP contribution is -2.45. The third-order valence-corrected chi connectivity index (χ3v) is 4.37. The van der Waals surface area contributed by atoms with Crippen LogP contribution in [0.2, 0.25) is 0 Å². The van der Waals surface area contributed by atoms with Gasteiger partial charge in [0.1, 0.15) is 0 Å². The highest BCUT2D eigenvalue weighted by Crippen LogP contribution is 2.22. The Morgan fingerprint density at radius 1 is 1.32 bits per heavy atom. The molecule has 2 rings (SSSR count). The molecule has 1 aliphatic carbocycles. The molecule has 5 nitrogen and oxygen atoms in total. The van der Waals surface area contributed by atoms with Crippen LogP contribution in [0.5, 0.6) is 0 Å². The molecule has 0 unspecified atom stereocenters. The fourth-order valence-corrected chi connectivity index (χ4v) is 3.20. The van der Waals surface area contributed by atoms with Gasteiger partial charge in [-0.3, -0.25) is 4.90 Å². The lowest BCUT2D eigenvalue weighted by Gasteiger charge is -2.36. The van der Waals surface area contributed by atoms with Gasteiger partial charge in [-0.1, -0.05) is 6.92 Å². The van der Waals surface area contributed by atoms with E-state index in [-0.39, 0.29) is 6.03 Å². The fourth-order valence-electron chi connectivity index (χ4n) is 3.20. The summed E-state index contributed by atoms with van der Waals surface area (Å²) in [5, 5.41) is 2.86. The maximum atomic E-state index is 11.5. The Kier molecular flexibility index (Phi) is 5.45. The van der Waals surface area contributed by atoms with Crippen LogP contribution in [-0.4, -0.2) is 60.6 Å². The number of nitrogens with zero attached hydrogens (tertiary/aromatic N) is 2. The Labute approximate surface area is 116 Å². The molecule has 110 valence electrons. The summed E-state index contributed by atoms with van der Waals surface area (Å²) in [6.45, 7) is 6.87. The van der Waals surface area contributed by atoms with Crippen molar-refractivity contribution in [2.45, 2.75) is 51.1 Å². The number of nitrogens with two attached hydrogens (primary N) is 1. The van der Waals surface area contributed by atoms with Gasteiger partial charge in [0.15, 0.2) is 0 Å². The topological polar surface area (TPSA) is 61.6 Å². The molecule has 1 saturated carbocycles. The molecule has 2 fully saturated rings. The van der Waals surface area contributed by atoms with Crippen molar-refractivity contribution in [3.8, 4) is 0 Å². The van der Waals surface area contributed by atoms with Gasteiger partial charge in [-0.2, -0.15) is 0 Å². The van der Waals surface area contributed by atoms with E-state index in [2.05, 4.69) is 17.1 Å². The predicted molar refractivity (Wildman–Crippen MR) is 77.1 cm³/mol. The Morgan fingerprint density at radius 3 is 2.63 bits per heavy atom. The van der Waals surface area contributed by atoms with Gasteiger partial charge in [-0.05, 0) is 38.6 Å². The summed E-state index contributed by atoms with van der Waals surface area (Å²) in [6, 6.07) is 1.18. The Balaban J connectivity index is 1.80. The summed E-state index contributed by atoms with van der Waals surface area (Å²) in [4.78, 5) is 16.0. The van der Waals surface area contributed by atoms with E-state index < -0.39 is 0 Å². The molecule has 0 spiro atoms. The van der Waals surface area contributed by atoms with Gasteiger partial charge in [-0.25, -0.2) is 4.79 Å². The van der Waals surface area contributed by atoms with E-state index in [1.807, 2.05) is 4.90 Å². The molecule has 1 saturated heterocycles. The smallest absolute Gasteiger partial charge is 0.317 e. The molecule has 0 aromatic heterocycles. The van der Waals surface area contributed by atoms with Crippen LogP contribution in [0.1, 0.15) is 39.0 Å². The molecule has 0 atom stereocenters. The summed E-state index contributed by atoms with van der Waals surface area (Å²) in [6.07, 6.45) is 5.90. The third-order valence-electron chi connectivity index (χ3n) is 4.37. The van der Waals surface area contributed by atoms with Crippen LogP contribution >= 0.6 is 0 Å². The van der Waals surface area contributed by atoms with E-state index in [1.54, 1.807) is 0 Å². The van der Waals surface area contributed by atoms with E-state index in [1.165, 1.54) is 19.3 Å². The predicted octanol–water partition coefficient (Wildman–Crippen LogP) is 0.994. The van der Waals surface area contributed by atoms with Crippen molar-refractivity contribution in [2.24, 2.45) is 5.73 Å². The average Bonchev–Trinajstić information content (AvgIpc) is 2.81. The number of carbonyl (C=O) groups excluding carboxylic acids is 1. The monoisotopic (exact) mass is 268 g/mol. The van der Waals surface area contributed by atoms with E-state index >= 15 is 0 Å². The third kappa shape index (κ3) is 4.08. The van der Waals surface area contributed by atoms with Crippen LogP contribution in [-0.2, 0) is 0 Å². The van der Waals surface area contributed by atoms with E-state index in [0.717, 1.165) is 45.6 Å². The molecule has 0 bridgehead atoms. The Morgan fingerprint density at radius 2 is 2.05 bits per heavy atom. The first-order valence-electron chi connectivity index (χ1n) is 7.73. The highest BCUT2D eigenvalue weighted by atomic mass is 16.2. The van der Waals surface area contributed by atoms with Crippen molar-refractivity contribution < 1.29 is 4.79 Å². The second kappa shape index (κ2) is 7.10. The van der Waals surface area contributed by atoms with E-state index in [9.17, 15) is 4.79 Å². The molecule has 1 heterocycles. The minimum atomic E-state index is 0.0992. The Hall–Kier alpha value is -0.810. The van der Waals surface area contributed by atoms with Crippen LogP contribution in [0.4, 0.5) is 4.79 Å². The van der Waals surface area contributed by atoms with Crippen molar-refractivity contribution in [2.75, 3.05) is 32.7 Å². The number of rotatable bonds is 6. The van der Waals surface area contributed by atoms with Crippen molar-refractivity contribution in [1.82, 2.24) is 15.1 Å². The highest BCUT2D eigenvalue weighted by Gasteiger charge is 2.25. The summed E-state index contributed by atoms with van der Waals surface area (Å²) >= 11 is 0. The molecule has 0 radical (unpaired) electrons. The number of hydrogen-bond donors (Lipinski definition) is 2. The second-order valence-corrected chi connectivity index (χ2v) is 5.82. The first-order chi connectivity index (χ1) is 9.20. The zero-order valence-corrected chi connectivity index (χ0v) is 12.1. The van der Waals surface area contributed by atoms with Gasteiger partial charge in [-0.15, -0.1) is 0 Å². The zero-order valence-electron chi connectivity index (χ0n) is 12.1. The van der Waals surface area contributed by atoms with Crippen molar-refractivity contribution >= 4 is 6.03 Å². The molecular formula is C14H28N4O. The SMILES string of the molecule is CCCN(CCN1CCNC1=O)C1CCC(N)CC1. The van der Waals surface area contributed by atoms with Gasteiger partial charge < -0.3 is 16.0 Å². The Bertz CT molecular complexity index is 289. The van der Waals surface area contributed by atoms with Crippen LogP contribution in [0.15, 0.2) is 0 Å². The molecule has 2 aliphatic rings. The van der Waals surface area contributed by atoms with Crippen molar-refractivity contribution in [3.05, 3.63) is 0 Å². The lowest BCUT2D eigenvalue weighted by molar-refractivity contribution is 0.136. The van der Waals surface area contributed by atoms with Gasteiger partial charge in [0.2, 0.25) is 0 Å². The van der Waals surface area contributed by atoms with Crippen LogP contribution < -0.4 is 11.1 Å². The normalized spacial score (nSPS) is 27.9. The summed E-state index contributed by atoms with van der Waals surface area (Å²) < 4.78 is 0. The molecule has 1 aliphatic heterocycles. The molecule has 0 aromatic rings. The molecule has 0 aromatic carbocycles.